The average Bonchev–Trinajstić information content (AvgIpc) is 2.99. The molecule has 2 unspecified atom stereocenters. The number of nitrogens with zero attached hydrogens (tertiary/aromatic N) is 2. The van der Waals surface area contributed by atoms with Crippen LogP contribution >= 0.6 is 0 Å². The van der Waals surface area contributed by atoms with Crippen molar-refractivity contribution in [2.75, 3.05) is 17.7 Å². The van der Waals surface area contributed by atoms with Crippen molar-refractivity contribution in [1.82, 2.24) is 0 Å². The third kappa shape index (κ3) is 2.15. The highest BCUT2D eigenvalue weighted by Gasteiger charge is 2.38. The summed E-state index contributed by atoms with van der Waals surface area (Å²) < 4.78 is 23.5. The van der Waals surface area contributed by atoms with Crippen LogP contribution in [0.1, 0.15) is 19.3 Å². The van der Waals surface area contributed by atoms with Gasteiger partial charge >= 0.3 is 0 Å². The number of hydrogen-bond acceptors (Lipinski definition) is 5. The largest absolute Gasteiger partial charge is 0.368 e. The molecule has 0 aromatic heterocycles. The van der Waals surface area contributed by atoms with E-state index in [2.05, 4.69) is 4.90 Å². The topological polar surface area (TPSA) is 80.5 Å². The molecule has 2 fully saturated rings. The molecule has 108 valence electrons. The molecule has 1 aromatic rings. The van der Waals surface area contributed by atoms with Gasteiger partial charge in [-0.25, -0.2) is 8.42 Å². The molecule has 3 rings (SSSR count). The normalized spacial score (nSPS) is 25.1. The summed E-state index contributed by atoms with van der Waals surface area (Å²) >= 11 is 0. The molecule has 1 saturated carbocycles. The summed E-state index contributed by atoms with van der Waals surface area (Å²) in [6.07, 6.45) is 4.50. The Morgan fingerprint density at radius 2 is 2.10 bits per heavy atom. The predicted octanol–water partition coefficient (Wildman–Crippen LogP) is 1.99. The molecule has 1 saturated heterocycles. The van der Waals surface area contributed by atoms with Gasteiger partial charge in [0.05, 0.1) is 4.92 Å². The molecule has 2 bridgehead atoms. The van der Waals surface area contributed by atoms with E-state index in [4.69, 9.17) is 0 Å². The Labute approximate surface area is 117 Å². The number of nitro groups is 1. The van der Waals surface area contributed by atoms with E-state index in [-0.39, 0.29) is 10.6 Å². The third-order valence-corrected chi connectivity index (χ3v) is 5.41. The molecule has 0 amide bonds. The fourth-order valence-electron chi connectivity index (χ4n) is 3.37. The fraction of sp³-hybridized carbons (Fsp3) is 0.538. The van der Waals surface area contributed by atoms with E-state index < -0.39 is 14.8 Å². The van der Waals surface area contributed by atoms with Crippen LogP contribution in [-0.2, 0) is 9.84 Å². The lowest BCUT2D eigenvalue weighted by atomic mass is 10.1. The van der Waals surface area contributed by atoms with Crippen molar-refractivity contribution in [1.29, 1.82) is 0 Å². The molecular weight excluding hydrogens is 280 g/mol. The SMILES string of the molecule is CS(=O)(=O)c1cc(N2CC3CCC2C3)ccc1[N+](=O)[O-]. The highest BCUT2D eigenvalue weighted by molar-refractivity contribution is 7.90. The standard InChI is InChI=1S/C13H16N2O4S/c1-20(18,19)13-7-11(4-5-12(13)15(16)17)14-8-9-2-3-10(14)6-9/h4-5,7,9-10H,2-3,6,8H2,1H3. The van der Waals surface area contributed by atoms with Crippen molar-refractivity contribution in [2.24, 2.45) is 5.92 Å². The van der Waals surface area contributed by atoms with Gasteiger partial charge in [0.1, 0.15) is 4.90 Å². The van der Waals surface area contributed by atoms with Gasteiger partial charge in [0.25, 0.3) is 5.69 Å². The lowest BCUT2D eigenvalue weighted by molar-refractivity contribution is -0.387. The average molecular weight is 296 g/mol. The van der Waals surface area contributed by atoms with Crippen LogP contribution in [-0.4, -0.2) is 32.2 Å². The molecule has 2 aliphatic rings. The van der Waals surface area contributed by atoms with Crippen molar-refractivity contribution in [3.05, 3.63) is 28.3 Å². The van der Waals surface area contributed by atoms with Crippen molar-refractivity contribution >= 4 is 21.2 Å². The zero-order valence-corrected chi connectivity index (χ0v) is 12.0. The molecule has 0 radical (unpaired) electrons. The van der Waals surface area contributed by atoms with E-state index >= 15 is 0 Å². The molecule has 0 spiro atoms. The van der Waals surface area contributed by atoms with E-state index in [0.717, 1.165) is 31.3 Å². The second-order valence-electron chi connectivity index (χ2n) is 5.67. The molecule has 1 heterocycles. The molecule has 20 heavy (non-hydrogen) atoms. The molecule has 1 aromatic carbocycles. The Balaban J connectivity index is 2.04. The Hall–Kier alpha value is -1.63. The van der Waals surface area contributed by atoms with Gasteiger partial charge in [0.15, 0.2) is 9.84 Å². The Morgan fingerprint density at radius 1 is 1.35 bits per heavy atom. The number of anilines is 1. The summed E-state index contributed by atoms with van der Waals surface area (Å²) in [5.41, 5.74) is 0.434. The maximum absolute atomic E-state index is 11.8. The minimum atomic E-state index is -3.61. The van der Waals surface area contributed by atoms with Crippen molar-refractivity contribution in [2.45, 2.75) is 30.2 Å². The van der Waals surface area contributed by atoms with E-state index in [1.54, 1.807) is 6.07 Å². The van der Waals surface area contributed by atoms with Gasteiger partial charge in [0.2, 0.25) is 0 Å². The van der Waals surface area contributed by atoms with E-state index in [1.165, 1.54) is 18.6 Å². The van der Waals surface area contributed by atoms with Crippen LogP contribution in [0, 0.1) is 16.0 Å². The monoisotopic (exact) mass is 296 g/mol. The summed E-state index contributed by atoms with van der Waals surface area (Å²) in [6, 6.07) is 4.87. The summed E-state index contributed by atoms with van der Waals surface area (Å²) in [5, 5.41) is 11.0. The molecule has 6 nitrogen and oxygen atoms in total. The number of fused-ring (bicyclic) bond motifs is 2. The van der Waals surface area contributed by atoms with Gasteiger partial charge in [-0.3, -0.25) is 10.1 Å². The highest BCUT2D eigenvalue weighted by atomic mass is 32.2. The first-order valence-corrected chi connectivity index (χ1v) is 8.50. The Morgan fingerprint density at radius 3 is 2.60 bits per heavy atom. The molecular formula is C13H16N2O4S. The molecule has 1 aliphatic carbocycles. The van der Waals surface area contributed by atoms with Crippen LogP contribution in [0.25, 0.3) is 0 Å². The number of nitro benzene ring substituents is 1. The summed E-state index contributed by atoms with van der Waals surface area (Å²) in [7, 11) is -3.61. The summed E-state index contributed by atoms with van der Waals surface area (Å²) in [4.78, 5) is 12.3. The molecule has 1 aliphatic heterocycles. The highest BCUT2D eigenvalue weighted by Crippen LogP contribution is 2.41. The molecule has 0 N–H and O–H groups in total. The van der Waals surface area contributed by atoms with Crippen LogP contribution in [0.15, 0.2) is 23.1 Å². The number of benzene rings is 1. The van der Waals surface area contributed by atoms with E-state index in [1.807, 2.05) is 0 Å². The lowest BCUT2D eigenvalue weighted by Gasteiger charge is -2.29. The minimum absolute atomic E-state index is 0.192. The van der Waals surface area contributed by atoms with Gasteiger partial charge in [-0.15, -0.1) is 0 Å². The second kappa shape index (κ2) is 4.44. The Kier molecular flexibility index (Phi) is 2.97. The number of sulfone groups is 1. The first-order chi connectivity index (χ1) is 9.36. The molecule has 2 atom stereocenters. The number of hydrogen-bond donors (Lipinski definition) is 0. The maximum atomic E-state index is 11.8. The van der Waals surface area contributed by atoms with Gasteiger partial charge in [-0.05, 0) is 37.3 Å². The first kappa shape index (κ1) is 13.4. The number of rotatable bonds is 3. The summed E-state index contributed by atoms with van der Waals surface area (Å²) in [5.74, 6) is 0.678. The molecule has 7 heteroatoms. The van der Waals surface area contributed by atoms with Crippen LogP contribution in [0.3, 0.4) is 0 Å². The smallest absolute Gasteiger partial charge is 0.288 e. The minimum Gasteiger partial charge on any atom is -0.368 e. The van der Waals surface area contributed by atoms with Crippen molar-refractivity contribution in [3.63, 3.8) is 0 Å². The van der Waals surface area contributed by atoms with Crippen LogP contribution in [0.4, 0.5) is 11.4 Å². The van der Waals surface area contributed by atoms with Crippen LogP contribution in [0.2, 0.25) is 0 Å². The van der Waals surface area contributed by atoms with Crippen LogP contribution < -0.4 is 4.90 Å². The summed E-state index contributed by atoms with van der Waals surface area (Å²) in [6.45, 7) is 0.922. The third-order valence-electron chi connectivity index (χ3n) is 4.28. The first-order valence-electron chi connectivity index (χ1n) is 6.61. The van der Waals surface area contributed by atoms with Crippen LogP contribution in [0.5, 0.6) is 0 Å². The maximum Gasteiger partial charge on any atom is 0.288 e. The van der Waals surface area contributed by atoms with E-state index in [0.29, 0.717) is 12.0 Å². The van der Waals surface area contributed by atoms with Gasteiger partial charge in [-0.2, -0.15) is 0 Å². The van der Waals surface area contributed by atoms with E-state index in [9.17, 15) is 18.5 Å². The second-order valence-corrected chi connectivity index (χ2v) is 7.65. The lowest BCUT2D eigenvalue weighted by Crippen LogP contribution is -2.31. The number of piperidine rings is 1. The van der Waals surface area contributed by atoms with Crippen molar-refractivity contribution < 1.29 is 13.3 Å². The Bertz CT molecular complexity index is 671. The zero-order chi connectivity index (χ0) is 14.5. The fourth-order valence-corrected chi connectivity index (χ4v) is 4.23. The van der Waals surface area contributed by atoms with Gasteiger partial charge in [0, 0.05) is 30.6 Å². The van der Waals surface area contributed by atoms with Gasteiger partial charge in [-0.1, -0.05) is 0 Å². The zero-order valence-electron chi connectivity index (χ0n) is 11.2. The predicted molar refractivity (Wildman–Crippen MR) is 74.7 cm³/mol. The quantitative estimate of drug-likeness (QED) is 0.629. The van der Waals surface area contributed by atoms with Gasteiger partial charge < -0.3 is 4.90 Å². The van der Waals surface area contributed by atoms with Crippen molar-refractivity contribution in [3.8, 4) is 0 Å².